The summed E-state index contributed by atoms with van der Waals surface area (Å²) in [6.45, 7) is 4.01. The highest BCUT2D eigenvalue weighted by molar-refractivity contribution is 5.96. The van der Waals surface area contributed by atoms with E-state index < -0.39 is 72.0 Å². The Hall–Kier alpha value is -7.44. The SMILES string of the molecule is CN[C@@H](C)C(=O)N[C@H]1CN(C(=O)CCCCCCC(=O)N2CC[C@H]3CC[C@H](C(=O)NC(c4ccccc4)c4ccccc4)N3C(=O)[C@@H](NC(=O)[C@H](C)NC)C2)CC[C@H]2CC[C@H](C(=O)NC(c3ccccc3)c3ccccc3)N2C1=O. The highest BCUT2D eigenvalue weighted by Gasteiger charge is 2.48. The second kappa shape index (κ2) is 28.1. The first kappa shape index (κ1) is 58.7. The number of unbranched alkanes of at least 4 members (excludes halogenated alkanes) is 3. The largest absolute Gasteiger partial charge is 0.343 e. The Bertz CT molecular complexity index is 2490. The Kier molecular flexibility index (Phi) is 20.6. The Morgan fingerprint density at radius 2 is 0.787 bits per heavy atom. The number of hydrogen-bond donors (Lipinski definition) is 6. The summed E-state index contributed by atoms with van der Waals surface area (Å²) in [5.74, 6) is -2.40. The predicted molar refractivity (Wildman–Crippen MR) is 304 cm³/mol. The molecule has 80 heavy (non-hydrogen) atoms. The summed E-state index contributed by atoms with van der Waals surface area (Å²) in [7, 11) is 3.31. The van der Waals surface area contributed by atoms with Crippen LogP contribution in [0.2, 0.25) is 0 Å². The topological polar surface area (TPSA) is 222 Å². The summed E-state index contributed by atoms with van der Waals surface area (Å²) in [6.07, 6.45) is 5.85. The molecule has 0 aromatic heterocycles. The van der Waals surface area contributed by atoms with Crippen LogP contribution in [0.4, 0.5) is 0 Å². The van der Waals surface area contributed by atoms with E-state index >= 15 is 0 Å². The molecule has 8 rings (SSSR count). The van der Waals surface area contributed by atoms with Gasteiger partial charge in [-0.2, -0.15) is 0 Å². The number of rotatable bonds is 21. The molecule has 8 atom stereocenters. The molecule has 4 fully saturated rings. The molecule has 426 valence electrons. The van der Waals surface area contributed by atoms with E-state index in [4.69, 9.17) is 0 Å². The van der Waals surface area contributed by atoms with Crippen LogP contribution in [-0.2, 0) is 38.4 Å². The average Bonchev–Trinajstić information content (AvgIpc) is 4.21. The Balaban J connectivity index is 0.856. The molecule has 18 nitrogen and oxygen atoms in total. The second-order valence-corrected chi connectivity index (χ2v) is 21.8. The van der Waals surface area contributed by atoms with Crippen LogP contribution in [-0.4, -0.2) is 155 Å². The van der Waals surface area contributed by atoms with Crippen molar-refractivity contribution in [1.82, 2.24) is 51.5 Å². The average molecular weight is 1090 g/mol. The quantitative estimate of drug-likeness (QED) is 0.0642. The molecule has 8 amide bonds. The molecule has 0 radical (unpaired) electrons. The number of nitrogens with one attached hydrogen (secondary N) is 6. The smallest absolute Gasteiger partial charge is 0.247 e. The van der Waals surface area contributed by atoms with Crippen LogP contribution < -0.4 is 31.9 Å². The Morgan fingerprint density at radius 1 is 0.463 bits per heavy atom. The first-order chi connectivity index (χ1) is 38.8. The summed E-state index contributed by atoms with van der Waals surface area (Å²) in [6, 6.07) is 32.4. The molecule has 4 aliphatic rings. The zero-order chi connectivity index (χ0) is 56.7. The third kappa shape index (κ3) is 14.5. The van der Waals surface area contributed by atoms with Gasteiger partial charge in [0.05, 0.1) is 24.2 Å². The van der Waals surface area contributed by atoms with Crippen molar-refractivity contribution in [3.63, 3.8) is 0 Å². The van der Waals surface area contributed by atoms with Crippen molar-refractivity contribution in [2.75, 3.05) is 40.3 Å². The number of likely N-dealkylation sites (N-methyl/N-ethyl adjacent to an activating group) is 2. The monoisotopic (exact) mass is 1090 g/mol. The maximum atomic E-state index is 14.7. The molecule has 18 heteroatoms. The van der Waals surface area contributed by atoms with Gasteiger partial charge in [-0.25, -0.2) is 0 Å². The highest BCUT2D eigenvalue weighted by Crippen LogP contribution is 2.33. The summed E-state index contributed by atoms with van der Waals surface area (Å²) < 4.78 is 0. The normalized spacial score (nSPS) is 22.0. The van der Waals surface area contributed by atoms with Crippen molar-refractivity contribution in [1.29, 1.82) is 0 Å². The number of nitrogens with zero attached hydrogens (tertiary/aromatic N) is 4. The molecule has 4 aromatic carbocycles. The van der Waals surface area contributed by atoms with Crippen LogP contribution in [0.3, 0.4) is 0 Å². The molecule has 4 aliphatic heterocycles. The van der Waals surface area contributed by atoms with Crippen molar-refractivity contribution < 1.29 is 38.4 Å². The van der Waals surface area contributed by atoms with Gasteiger partial charge in [0.25, 0.3) is 0 Å². The van der Waals surface area contributed by atoms with Gasteiger partial charge in [0.1, 0.15) is 24.2 Å². The van der Waals surface area contributed by atoms with Gasteiger partial charge in [-0.3, -0.25) is 38.4 Å². The van der Waals surface area contributed by atoms with Gasteiger partial charge >= 0.3 is 0 Å². The second-order valence-electron chi connectivity index (χ2n) is 21.8. The molecular formula is C62H80N10O8. The molecule has 0 unspecified atom stereocenters. The van der Waals surface area contributed by atoms with Gasteiger partial charge in [0, 0.05) is 51.1 Å². The minimum absolute atomic E-state index is 0.0360. The van der Waals surface area contributed by atoms with E-state index in [1.807, 2.05) is 121 Å². The lowest BCUT2D eigenvalue weighted by molar-refractivity contribution is -0.147. The Morgan fingerprint density at radius 3 is 1.10 bits per heavy atom. The molecule has 0 aliphatic carbocycles. The standard InChI is InChI=1S/C62H80N10O8/c1-41(63-3)57(75)65-49-39-69(37-35-47-31-33-51(71(47)61(49)79)59(77)67-55(43-21-11-7-12-22-43)44-23-13-8-14-24-44)53(73)29-19-5-6-20-30-54(74)70-38-36-48-32-34-52(72(48)62(80)50(40-70)66-58(76)42(2)64-4)60(78)68-56(45-25-15-9-16-26-45)46-27-17-10-18-28-46/h7-18,21-28,41-42,47-52,55-56,63-64H,5-6,19-20,29-40H2,1-4H3,(H,65,75)(H,66,76)(H,67,77)(H,68,78)/t41-,42-,47+,48+,49-,50-,51+,52+/m0/s1. The van der Waals surface area contributed by atoms with Crippen molar-refractivity contribution >= 4 is 47.3 Å². The first-order valence-corrected chi connectivity index (χ1v) is 28.7. The van der Waals surface area contributed by atoms with E-state index in [0.29, 0.717) is 77.3 Å². The van der Waals surface area contributed by atoms with Crippen molar-refractivity contribution in [3.8, 4) is 0 Å². The van der Waals surface area contributed by atoms with Gasteiger partial charge in [0.15, 0.2) is 0 Å². The molecule has 0 spiro atoms. The van der Waals surface area contributed by atoms with Crippen molar-refractivity contribution in [2.45, 2.75) is 151 Å². The van der Waals surface area contributed by atoms with Crippen LogP contribution in [0.25, 0.3) is 0 Å². The van der Waals surface area contributed by atoms with Crippen molar-refractivity contribution in [2.24, 2.45) is 0 Å². The lowest BCUT2D eigenvalue weighted by atomic mass is 9.98. The lowest BCUT2D eigenvalue weighted by Gasteiger charge is -2.39. The summed E-state index contributed by atoms with van der Waals surface area (Å²) in [5, 5.41) is 18.1. The van der Waals surface area contributed by atoms with Gasteiger partial charge in [0.2, 0.25) is 47.3 Å². The van der Waals surface area contributed by atoms with Crippen LogP contribution >= 0.6 is 0 Å². The zero-order valence-corrected chi connectivity index (χ0v) is 46.7. The van der Waals surface area contributed by atoms with Gasteiger partial charge in [-0.1, -0.05) is 134 Å². The third-order valence-corrected chi connectivity index (χ3v) is 16.6. The molecule has 0 saturated carbocycles. The fourth-order valence-corrected chi connectivity index (χ4v) is 11.8. The van der Waals surface area contributed by atoms with Gasteiger partial charge < -0.3 is 51.5 Å². The maximum Gasteiger partial charge on any atom is 0.247 e. The highest BCUT2D eigenvalue weighted by atomic mass is 16.2. The summed E-state index contributed by atoms with van der Waals surface area (Å²) >= 11 is 0. The van der Waals surface area contributed by atoms with Crippen molar-refractivity contribution in [3.05, 3.63) is 144 Å². The molecular weight excluding hydrogens is 1010 g/mol. The third-order valence-electron chi connectivity index (χ3n) is 16.6. The fourth-order valence-electron chi connectivity index (χ4n) is 11.8. The summed E-state index contributed by atoms with van der Waals surface area (Å²) in [5.41, 5.74) is 3.63. The Labute approximate surface area is 470 Å². The molecule has 0 bridgehead atoms. The molecule has 4 aromatic rings. The maximum absolute atomic E-state index is 14.7. The minimum Gasteiger partial charge on any atom is -0.343 e. The van der Waals surface area contributed by atoms with Crippen LogP contribution in [0, 0.1) is 0 Å². The van der Waals surface area contributed by atoms with E-state index in [2.05, 4.69) is 31.9 Å². The molecule has 4 heterocycles. The number of hydrogen-bond acceptors (Lipinski definition) is 10. The van der Waals surface area contributed by atoms with Crippen LogP contribution in [0.15, 0.2) is 121 Å². The first-order valence-electron chi connectivity index (χ1n) is 28.7. The number of carbonyl (C=O) groups is 8. The number of benzene rings is 4. The minimum atomic E-state index is -1.07. The summed E-state index contributed by atoms with van der Waals surface area (Å²) in [4.78, 5) is 119. The van der Waals surface area contributed by atoms with E-state index in [0.717, 1.165) is 22.3 Å². The van der Waals surface area contributed by atoms with E-state index in [9.17, 15) is 38.4 Å². The number of amides is 8. The zero-order valence-electron chi connectivity index (χ0n) is 46.7. The van der Waals surface area contributed by atoms with Crippen LogP contribution in [0.5, 0.6) is 0 Å². The van der Waals surface area contributed by atoms with Crippen LogP contribution in [0.1, 0.15) is 125 Å². The lowest BCUT2D eigenvalue weighted by Crippen LogP contribution is -2.62. The van der Waals surface area contributed by atoms with E-state index in [1.165, 1.54) is 0 Å². The predicted octanol–water partition coefficient (Wildman–Crippen LogP) is 4.51. The van der Waals surface area contributed by atoms with Gasteiger partial charge in [-0.05, 0) is 102 Å². The van der Waals surface area contributed by atoms with E-state index in [1.54, 1.807) is 47.5 Å². The fraction of sp³-hybridized carbons (Fsp3) is 0.484. The molecule has 6 N–H and O–H groups in total. The molecule has 4 saturated heterocycles. The number of carbonyl (C=O) groups excluding carboxylic acids is 8. The van der Waals surface area contributed by atoms with Gasteiger partial charge in [-0.15, -0.1) is 0 Å². The van der Waals surface area contributed by atoms with E-state index in [-0.39, 0.29) is 61.6 Å². The number of fused-ring (bicyclic) bond motifs is 2.